The molecule has 0 aliphatic heterocycles. The van der Waals surface area contributed by atoms with E-state index in [0.29, 0.717) is 0 Å². The second-order valence-corrected chi connectivity index (χ2v) is 7.14. The molecule has 0 aliphatic carbocycles. The maximum Gasteiger partial charge on any atom is 0.261 e. The van der Waals surface area contributed by atoms with Crippen LogP contribution in [-0.2, 0) is 13.8 Å². The lowest BCUT2D eigenvalue weighted by Crippen LogP contribution is -2.36. The van der Waals surface area contributed by atoms with Crippen LogP contribution in [0.1, 0.15) is 26.7 Å². The third-order valence-electron chi connectivity index (χ3n) is 2.67. The van der Waals surface area contributed by atoms with Gasteiger partial charge in [-0.05, 0) is 31.5 Å². The molecule has 0 saturated heterocycles. The van der Waals surface area contributed by atoms with Gasteiger partial charge in [0.25, 0.3) is 15.0 Å². The van der Waals surface area contributed by atoms with Crippen molar-refractivity contribution < 1.29 is 22.3 Å². The van der Waals surface area contributed by atoms with Crippen molar-refractivity contribution in [2.75, 3.05) is 6.61 Å². The fourth-order valence-electron chi connectivity index (χ4n) is 1.72. The van der Waals surface area contributed by atoms with E-state index in [1.54, 1.807) is 0 Å². The minimum Gasteiger partial charge on any atom is -0.481 e. The Morgan fingerprint density at radius 2 is 2.14 bits per heavy atom. The number of carbonyl (C=O) groups excluding carboxylic acids is 1. The molecule has 1 unspecified atom stereocenters. The van der Waals surface area contributed by atoms with Crippen molar-refractivity contribution in [3.8, 4) is 5.75 Å². The number of nitrogens with one attached hydrogen (secondary N) is 1. The molecule has 0 fully saturated rings. The Morgan fingerprint density at radius 1 is 1.48 bits per heavy atom. The lowest BCUT2D eigenvalue weighted by atomic mass is 10.2. The molecule has 0 heterocycles. The van der Waals surface area contributed by atoms with Crippen molar-refractivity contribution in [1.29, 1.82) is 0 Å². The quantitative estimate of drug-likeness (QED) is 0.776. The highest BCUT2D eigenvalue weighted by atomic mass is 35.7. The van der Waals surface area contributed by atoms with Gasteiger partial charge in [-0.1, -0.05) is 13.3 Å². The molecule has 1 amide bonds. The second-order valence-electron chi connectivity index (χ2n) is 4.58. The SMILES string of the molecule is CCCC(C)NC(=O)COc1ccc(S(=O)(=O)Cl)cc1F. The summed E-state index contributed by atoms with van der Waals surface area (Å²) >= 11 is 0. The van der Waals surface area contributed by atoms with Crippen LogP contribution in [0.5, 0.6) is 5.75 Å². The predicted octanol–water partition coefficient (Wildman–Crippen LogP) is 2.44. The molecule has 0 saturated carbocycles. The Morgan fingerprint density at radius 3 is 2.67 bits per heavy atom. The van der Waals surface area contributed by atoms with Crippen LogP contribution in [0.25, 0.3) is 0 Å². The summed E-state index contributed by atoms with van der Waals surface area (Å²) < 4.78 is 40.7. The second kappa shape index (κ2) is 7.61. The summed E-state index contributed by atoms with van der Waals surface area (Å²) in [6.07, 6.45) is 1.77. The van der Waals surface area contributed by atoms with Crippen molar-refractivity contribution in [1.82, 2.24) is 5.32 Å². The molecule has 0 aliphatic rings. The van der Waals surface area contributed by atoms with E-state index in [1.165, 1.54) is 0 Å². The molecular weight excluding hydrogens is 321 g/mol. The molecule has 1 rings (SSSR count). The minimum absolute atomic E-state index is 0.0136. The van der Waals surface area contributed by atoms with Gasteiger partial charge < -0.3 is 10.1 Å². The molecule has 0 aromatic heterocycles. The molecule has 1 aromatic carbocycles. The zero-order chi connectivity index (χ0) is 16.0. The van der Waals surface area contributed by atoms with E-state index in [2.05, 4.69) is 5.32 Å². The average Bonchev–Trinajstić information content (AvgIpc) is 2.36. The largest absolute Gasteiger partial charge is 0.481 e. The van der Waals surface area contributed by atoms with Gasteiger partial charge in [0, 0.05) is 16.7 Å². The van der Waals surface area contributed by atoms with Gasteiger partial charge in [0.2, 0.25) is 0 Å². The van der Waals surface area contributed by atoms with Crippen molar-refractivity contribution in [3.05, 3.63) is 24.0 Å². The van der Waals surface area contributed by atoms with Gasteiger partial charge in [0.05, 0.1) is 4.90 Å². The first-order valence-corrected chi connectivity index (χ1v) is 8.71. The molecule has 1 atom stereocenters. The zero-order valence-electron chi connectivity index (χ0n) is 11.7. The Kier molecular flexibility index (Phi) is 6.42. The van der Waals surface area contributed by atoms with Crippen molar-refractivity contribution in [2.45, 2.75) is 37.6 Å². The van der Waals surface area contributed by atoms with Crippen LogP contribution in [0.15, 0.2) is 23.1 Å². The van der Waals surface area contributed by atoms with Crippen molar-refractivity contribution >= 4 is 25.6 Å². The zero-order valence-corrected chi connectivity index (χ0v) is 13.3. The van der Waals surface area contributed by atoms with E-state index in [9.17, 15) is 17.6 Å². The molecule has 5 nitrogen and oxygen atoms in total. The van der Waals surface area contributed by atoms with Gasteiger partial charge in [-0.3, -0.25) is 4.79 Å². The normalized spacial score (nSPS) is 12.8. The standard InChI is InChI=1S/C13H17ClFNO4S/c1-3-4-9(2)16-13(17)8-20-12-6-5-10(7-11(12)15)21(14,18)19/h5-7,9H,3-4,8H2,1-2H3,(H,16,17). The number of ether oxygens (including phenoxy) is 1. The Balaban J connectivity index is 2.62. The fraction of sp³-hybridized carbons (Fsp3) is 0.462. The van der Waals surface area contributed by atoms with Gasteiger partial charge in [0.1, 0.15) is 0 Å². The number of benzene rings is 1. The van der Waals surface area contributed by atoms with Gasteiger partial charge >= 0.3 is 0 Å². The first-order valence-electron chi connectivity index (χ1n) is 6.40. The molecule has 1 N–H and O–H groups in total. The smallest absolute Gasteiger partial charge is 0.261 e. The molecule has 0 radical (unpaired) electrons. The first kappa shape index (κ1) is 17.7. The lowest BCUT2D eigenvalue weighted by molar-refractivity contribution is -0.123. The van der Waals surface area contributed by atoms with E-state index < -0.39 is 14.9 Å². The molecule has 1 aromatic rings. The fourth-order valence-corrected chi connectivity index (χ4v) is 2.48. The number of hydrogen-bond donors (Lipinski definition) is 1. The van der Waals surface area contributed by atoms with E-state index in [4.69, 9.17) is 15.4 Å². The maximum atomic E-state index is 13.6. The number of carbonyl (C=O) groups is 1. The molecule has 21 heavy (non-hydrogen) atoms. The summed E-state index contributed by atoms with van der Waals surface area (Å²) in [7, 11) is 1.10. The van der Waals surface area contributed by atoms with Crippen LogP contribution in [0.4, 0.5) is 4.39 Å². The van der Waals surface area contributed by atoms with Crippen LogP contribution in [0.3, 0.4) is 0 Å². The number of rotatable bonds is 7. The third-order valence-corrected chi connectivity index (χ3v) is 4.02. The molecule has 0 bridgehead atoms. The van der Waals surface area contributed by atoms with E-state index in [1.807, 2.05) is 13.8 Å². The predicted molar refractivity (Wildman–Crippen MR) is 77.4 cm³/mol. The number of halogens is 2. The summed E-state index contributed by atoms with van der Waals surface area (Å²) in [5.74, 6) is -1.48. The van der Waals surface area contributed by atoms with Gasteiger partial charge in [-0.15, -0.1) is 0 Å². The third kappa shape index (κ3) is 5.89. The molecule has 8 heteroatoms. The van der Waals surface area contributed by atoms with Gasteiger partial charge in [-0.2, -0.15) is 0 Å². The lowest BCUT2D eigenvalue weighted by Gasteiger charge is -2.13. The summed E-state index contributed by atoms with van der Waals surface area (Å²) in [4.78, 5) is 11.2. The van der Waals surface area contributed by atoms with Crippen LogP contribution >= 0.6 is 10.7 Å². The Hall–Kier alpha value is -1.34. The number of amides is 1. The maximum absolute atomic E-state index is 13.6. The Bertz CT molecular complexity index is 606. The van der Waals surface area contributed by atoms with Crippen molar-refractivity contribution in [3.63, 3.8) is 0 Å². The van der Waals surface area contributed by atoms with E-state index in [-0.39, 0.29) is 29.2 Å². The summed E-state index contributed by atoms with van der Waals surface area (Å²) in [6.45, 7) is 3.51. The molecule has 118 valence electrons. The van der Waals surface area contributed by atoms with Gasteiger partial charge in [0.15, 0.2) is 18.2 Å². The summed E-state index contributed by atoms with van der Waals surface area (Å²) in [5.41, 5.74) is 0. The summed E-state index contributed by atoms with van der Waals surface area (Å²) in [5, 5.41) is 2.70. The van der Waals surface area contributed by atoms with E-state index >= 15 is 0 Å². The van der Waals surface area contributed by atoms with Crippen LogP contribution in [-0.4, -0.2) is 27.0 Å². The highest BCUT2D eigenvalue weighted by molar-refractivity contribution is 8.13. The van der Waals surface area contributed by atoms with Crippen LogP contribution in [0, 0.1) is 5.82 Å². The van der Waals surface area contributed by atoms with Gasteiger partial charge in [-0.25, -0.2) is 12.8 Å². The molecular formula is C13H17ClFNO4S. The van der Waals surface area contributed by atoms with Crippen molar-refractivity contribution in [2.24, 2.45) is 0 Å². The molecule has 0 spiro atoms. The number of hydrogen-bond acceptors (Lipinski definition) is 4. The van der Waals surface area contributed by atoms with Crippen LogP contribution in [0.2, 0.25) is 0 Å². The highest BCUT2D eigenvalue weighted by Gasteiger charge is 2.15. The Labute approximate surface area is 127 Å². The minimum atomic E-state index is -4.00. The highest BCUT2D eigenvalue weighted by Crippen LogP contribution is 2.23. The average molecular weight is 338 g/mol. The monoisotopic (exact) mass is 337 g/mol. The first-order chi connectivity index (χ1) is 9.74. The topological polar surface area (TPSA) is 72.5 Å². The summed E-state index contributed by atoms with van der Waals surface area (Å²) in [6, 6.07) is 2.99. The van der Waals surface area contributed by atoms with Crippen LogP contribution < -0.4 is 10.1 Å². The van der Waals surface area contributed by atoms with E-state index in [0.717, 1.165) is 31.0 Å².